The minimum absolute atomic E-state index is 0.0141. The second kappa shape index (κ2) is 8.35. The van der Waals surface area contributed by atoms with E-state index in [4.69, 9.17) is 10.00 Å². The molecular weight excluding hydrogens is 365 g/mol. The summed E-state index contributed by atoms with van der Waals surface area (Å²) in [6.07, 6.45) is -3.95. The minimum atomic E-state index is -4.61. The first-order valence-corrected chi connectivity index (χ1v) is 7.84. The SMILES string of the molecule is CCOC(=O)CC(C#N)NC(=O)c1cccc(-n2nccc2C(F)(F)F)c1. The molecule has 1 unspecified atom stereocenters. The maximum atomic E-state index is 13.0. The van der Waals surface area contributed by atoms with Gasteiger partial charge in [0.1, 0.15) is 11.7 Å². The molecule has 1 atom stereocenters. The number of alkyl halides is 3. The Bertz CT molecular complexity index is 871. The average Bonchev–Trinajstić information content (AvgIpc) is 3.11. The van der Waals surface area contributed by atoms with E-state index in [9.17, 15) is 22.8 Å². The van der Waals surface area contributed by atoms with Crippen molar-refractivity contribution in [1.29, 1.82) is 5.26 Å². The van der Waals surface area contributed by atoms with Crippen LogP contribution in [0.1, 0.15) is 29.4 Å². The molecule has 2 aromatic rings. The number of nitrogens with zero attached hydrogens (tertiary/aromatic N) is 3. The van der Waals surface area contributed by atoms with Gasteiger partial charge in [0, 0.05) is 5.56 Å². The second-order valence-electron chi connectivity index (χ2n) is 5.34. The largest absolute Gasteiger partial charge is 0.466 e. The number of hydrogen-bond donors (Lipinski definition) is 1. The van der Waals surface area contributed by atoms with Crippen molar-refractivity contribution in [2.45, 2.75) is 25.6 Å². The molecule has 0 radical (unpaired) electrons. The van der Waals surface area contributed by atoms with Crippen molar-refractivity contribution in [3.63, 3.8) is 0 Å². The predicted molar refractivity (Wildman–Crippen MR) is 86.7 cm³/mol. The highest BCUT2D eigenvalue weighted by atomic mass is 19.4. The van der Waals surface area contributed by atoms with Crippen molar-refractivity contribution >= 4 is 11.9 Å². The quantitative estimate of drug-likeness (QED) is 0.777. The third-order valence-electron chi connectivity index (χ3n) is 3.42. The van der Waals surface area contributed by atoms with Crippen molar-refractivity contribution in [3.8, 4) is 11.8 Å². The van der Waals surface area contributed by atoms with Gasteiger partial charge in [-0.25, -0.2) is 4.68 Å². The van der Waals surface area contributed by atoms with E-state index < -0.39 is 29.8 Å². The summed E-state index contributed by atoms with van der Waals surface area (Å²) in [4.78, 5) is 23.7. The van der Waals surface area contributed by atoms with Gasteiger partial charge in [0.15, 0.2) is 0 Å². The van der Waals surface area contributed by atoms with E-state index in [0.29, 0.717) is 4.68 Å². The van der Waals surface area contributed by atoms with E-state index in [1.54, 1.807) is 13.0 Å². The Balaban J connectivity index is 2.20. The van der Waals surface area contributed by atoms with Crippen LogP contribution in [0.5, 0.6) is 0 Å². The van der Waals surface area contributed by atoms with Crippen LogP contribution in [0.15, 0.2) is 36.5 Å². The summed E-state index contributed by atoms with van der Waals surface area (Å²) in [5.74, 6) is -1.36. The molecule has 0 aliphatic heterocycles. The maximum absolute atomic E-state index is 13.0. The Kier molecular flexibility index (Phi) is 6.18. The molecule has 1 heterocycles. The third kappa shape index (κ3) is 5.07. The van der Waals surface area contributed by atoms with Crippen LogP contribution in [0.4, 0.5) is 13.2 Å². The summed E-state index contributed by atoms with van der Waals surface area (Å²) in [6, 6.07) is 6.77. The molecule has 0 saturated carbocycles. The summed E-state index contributed by atoms with van der Waals surface area (Å²) < 4.78 is 44.4. The van der Waals surface area contributed by atoms with Crippen LogP contribution in [-0.4, -0.2) is 34.3 Å². The van der Waals surface area contributed by atoms with Gasteiger partial charge in [-0.05, 0) is 31.2 Å². The highest BCUT2D eigenvalue weighted by Gasteiger charge is 2.35. The zero-order chi connectivity index (χ0) is 20.0. The Morgan fingerprint density at radius 1 is 1.37 bits per heavy atom. The monoisotopic (exact) mass is 380 g/mol. The minimum Gasteiger partial charge on any atom is -0.466 e. The van der Waals surface area contributed by atoms with Gasteiger partial charge in [0.2, 0.25) is 0 Å². The fraction of sp³-hybridized carbons (Fsp3) is 0.294. The zero-order valence-electron chi connectivity index (χ0n) is 14.2. The topological polar surface area (TPSA) is 97.0 Å². The van der Waals surface area contributed by atoms with Crippen LogP contribution in [0, 0.1) is 11.3 Å². The number of carbonyl (C=O) groups is 2. The molecule has 0 aliphatic carbocycles. The standard InChI is InChI=1S/C17H15F3N4O3/c1-2-27-15(25)9-12(10-21)23-16(26)11-4-3-5-13(8-11)24-14(6-7-22-24)17(18,19)20/h3-8,12H,2,9H2,1H3,(H,23,26). The molecule has 7 nitrogen and oxygen atoms in total. The van der Waals surface area contributed by atoms with Gasteiger partial charge >= 0.3 is 12.1 Å². The molecular formula is C17H15F3N4O3. The molecule has 1 aromatic carbocycles. The average molecular weight is 380 g/mol. The molecule has 0 fully saturated rings. The Hall–Kier alpha value is -3.35. The number of esters is 1. The van der Waals surface area contributed by atoms with Gasteiger partial charge in [-0.2, -0.15) is 23.5 Å². The van der Waals surface area contributed by atoms with E-state index >= 15 is 0 Å². The van der Waals surface area contributed by atoms with Gasteiger partial charge in [0.05, 0.1) is 31.0 Å². The lowest BCUT2D eigenvalue weighted by molar-refractivity contribution is -0.144. The number of halogens is 3. The summed E-state index contributed by atoms with van der Waals surface area (Å²) in [5, 5.41) is 15.0. The summed E-state index contributed by atoms with van der Waals surface area (Å²) in [7, 11) is 0. The number of hydrogen-bond acceptors (Lipinski definition) is 5. The van der Waals surface area contributed by atoms with E-state index in [-0.39, 0.29) is 24.3 Å². The van der Waals surface area contributed by atoms with Crippen LogP contribution in [0.3, 0.4) is 0 Å². The van der Waals surface area contributed by atoms with Gasteiger partial charge < -0.3 is 10.1 Å². The lowest BCUT2D eigenvalue weighted by Gasteiger charge is -2.13. The fourth-order valence-electron chi connectivity index (χ4n) is 2.26. The molecule has 10 heteroatoms. The first kappa shape index (κ1) is 20.0. The molecule has 1 amide bonds. The smallest absolute Gasteiger partial charge is 0.433 e. The van der Waals surface area contributed by atoms with Gasteiger partial charge in [0.25, 0.3) is 5.91 Å². The molecule has 0 saturated heterocycles. The Morgan fingerprint density at radius 3 is 2.74 bits per heavy atom. The third-order valence-corrected chi connectivity index (χ3v) is 3.42. The van der Waals surface area contributed by atoms with E-state index in [0.717, 1.165) is 12.3 Å². The predicted octanol–water partition coefficient (Wildman–Crippen LogP) is 2.47. The fourth-order valence-corrected chi connectivity index (χ4v) is 2.26. The molecule has 0 spiro atoms. The van der Waals surface area contributed by atoms with Crippen molar-refractivity contribution in [3.05, 3.63) is 47.8 Å². The molecule has 0 aliphatic rings. The lowest BCUT2D eigenvalue weighted by Crippen LogP contribution is -2.35. The number of ether oxygens (including phenoxy) is 1. The van der Waals surface area contributed by atoms with E-state index in [2.05, 4.69) is 10.4 Å². The van der Waals surface area contributed by atoms with Crippen LogP contribution in [-0.2, 0) is 15.7 Å². The van der Waals surface area contributed by atoms with E-state index in [1.807, 2.05) is 0 Å². The molecule has 27 heavy (non-hydrogen) atoms. The van der Waals surface area contributed by atoms with Gasteiger partial charge in [-0.15, -0.1) is 0 Å². The molecule has 1 N–H and O–H groups in total. The summed E-state index contributed by atoms with van der Waals surface area (Å²) in [6.45, 7) is 1.74. The number of nitrogens with one attached hydrogen (secondary N) is 1. The van der Waals surface area contributed by atoms with Crippen molar-refractivity contribution in [2.24, 2.45) is 0 Å². The number of nitriles is 1. The van der Waals surface area contributed by atoms with Crippen LogP contribution in [0.2, 0.25) is 0 Å². The van der Waals surface area contributed by atoms with Crippen molar-refractivity contribution < 1.29 is 27.5 Å². The van der Waals surface area contributed by atoms with Gasteiger partial charge in [-0.1, -0.05) is 6.07 Å². The molecule has 142 valence electrons. The number of aromatic nitrogens is 2. The number of carbonyl (C=O) groups excluding carboxylic acids is 2. The summed E-state index contributed by atoms with van der Waals surface area (Å²) in [5.41, 5.74) is -0.948. The maximum Gasteiger partial charge on any atom is 0.433 e. The Labute approximate surface area is 152 Å². The van der Waals surface area contributed by atoms with E-state index in [1.165, 1.54) is 24.3 Å². The number of rotatable bonds is 6. The van der Waals surface area contributed by atoms with Crippen molar-refractivity contribution in [1.82, 2.24) is 15.1 Å². The first-order chi connectivity index (χ1) is 12.8. The number of amides is 1. The second-order valence-corrected chi connectivity index (χ2v) is 5.34. The number of benzene rings is 1. The van der Waals surface area contributed by atoms with Crippen molar-refractivity contribution in [2.75, 3.05) is 6.61 Å². The normalized spacial score (nSPS) is 12.1. The highest BCUT2D eigenvalue weighted by Crippen LogP contribution is 2.30. The first-order valence-electron chi connectivity index (χ1n) is 7.84. The highest BCUT2D eigenvalue weighted by molar-refractivity contribution is 5.95. The lowest BCUT2D eigenvalue weighted by atomic mass is 10.1. The molecule has 0 bridgehead atoms. The molecule has 2 rings (SSSR count). The zero-order valence-corrected chi connectivity index (χ0v) is 14.2. The van der Waals surface area contributed by atoms with Crippen LogP contribution in [0.25, 0.3) is 5.69 Å². The molecule has 1 aromatic heterocycles. The van der Waals surface area contributed by atoms with Gasteiger partial charge in [-0.3, -0.25) is 9.59 Å². The van der Waals surface area contributed by atoms with Crippen LogP contribution >= 0.6 is 0 Å². The van der Waals surface area contributed by atoms with Crippen LogP contribution < -0.4 is 5.32 Å². The Morgan fingerprint density at radius 2 is 2.11 bits per heavy atom. The summed E-state index contributed by atoms with van der Waals surface area (Å²) >= 11 is 0.